The van der Waals surface area contributed by atoms with Gasteiger partial charge in [0.15, 0.2) is 0 Å². The van der Waals surface area contributed by atoms with E-state index in [1.165, 1.54) is 24.0 Å². The Labute approximate surface area is 84.9 Å². The highest BCUT2D eigenvalue weighted by atomic mass is 15.3. The molecule has 74 valence electrons. The van der Waals surface area contributed by atoms with Crippen molar-refractivity contribution in [2.24, 2.45) is 0 Å². The second-order valence-electron chi connectivity index (χ2n) is 3.79. The lowest BCUT2D eigenvalue weighted by atomic mass is 10.0. The summed E-state index contributed by atoms with van der Waals surface area (Å²) in [4.78, 5) is 0. The first-order valence-electron chi connectivity index (χ1n) is 5.19. The molecule has 0 bridgehead atoms. The second kappa shape index (κ2) is 4.27. The Morgan fingerprint density at radius 2 is 2.36 bits per heavy atom. The van der Waals surface area contributed by atoms with Gasteiger partial charge in [0, 0.05) is 12.7 Å². The molecule has 0 saturated heterocycles. The van der Waals surface area contributed by atoms with Crippen molar-refractivity contribution in [1.29, 1.82) is 0 Å². The molecule has 2 nitrogen and oxygen atoms in total. The topological polar surface area (TPSA) is 17.8 Å². The van der Waals surface area contributed by atoms with Crippen LogP contribution in [0.4, 0.5) is 0 Å². The maximum atomic E-state index is 4.27. The van der Waals surface area contributed by atoms with Crippen LogP contribution < -0.4 is 0 Å². The van der Waals surface area contributed by atoms with E-state index in [0.29, 0.717) is 0 Å². The summed E-state index contributed by atoms with van der Waals surface area (Å²) in [5.41, 5.74) is 2.68. The Hall–Kier alpha value is -1.31. The smallest absolute Gasteiger partial charge is 0.0518 e. The van der Waals surface area contributed by atoms with Crippen LogP contribution in [0.25, 0.3) is 0 Å². The molecule has 1 aromatic heterocycles. The first kappa shape index (κ1) is 9.25. The fourth-order valence-electron chi connectivity index (χ4n) is 1.69. The van der Waals surface area contributed by atoms with E-state index in [0.717, 1.165) is 13.0 Å². The van der Waals surface area contributed by atoms with E-state index in [1.54, 1.807) is 0 Å². The Bertz CT molecular complexity index is 358. The summed E-state index contributed by atoms with van der Waals surface area (Å²) >= 11 is 0. The fourth-order valence-corrected chi connectivity index (χ4v) is 1.69. The van der Waals surface area contributed by atoms with Crippen LogP contribution in [0.2, 0.25) is 0 Å². The minimum Gasteiger partial charge on any atom is -0.272 e. The van der Waals surface area contributed by atoms with Crippen molar-refractivity contribution < 1.29 is 0 Å². The van der Waals surface area contributed by atoms with Crippen molar-refractivity contribution in [2.45, 2.75) is 32.7 Å². The van der Waals surface area contributed by atoms with Crippen LogP contribution in [-0.4, -0.2) is 9.78 Å². The van der Waals surface area contributed by atoms with Crippen molar-refractivity contribution in [2.75, 3.05) is 0 Å². The molecule has 0 radical (unpaired) electrons. The van der Waals surface area contributed by atoms with Gasteiger partial charge in [-0.1, -0.05) is 23.8 Å². The summed E-state index contributed by atoms with van der Waals surface area (Å²) in [6.07, 6.45) is 14.3. The van der Waals surface area contributed by atoms with Gasteiger partial charge in [-0.25, -0.2) is 0 Å². The van der Waals surface area contributed by atoms with E-state index < -0.39 is 0 Å². The van der Waals surface area contributed by atoms with Gasteiger partial charge < -0.3 is 0 Å². The highest BCUT2D eigenvalue weighted by molar-refractivity contribution is 5.21. The van der Waals surface area contributed by atoms with Gasteiger partial charge in [-0.2, -0.15) is 5.10 Å². The molecule has 1 aliphatic rings. The van der Waals surface area contributed by atoms with Crippen molar-refractivity contribution in [1.82, 2.24) is 9.78 Å². The lowest BCUT2D eigenvalue weighted by Crippen LogP contribution is -1.99. The molecule has 14 heavy (non-hydrogen) atoms. The van der Waals surface area contributed by atoms with Crippen molar-refractivity contribution >= 4 is 0 Å². The van der Waals surface area contributed by atoms with Gasteiger partial charge in [-0.05, 0) is 31.7 Å². The van der Waals surface area contributed by atoms with Crippen molar-refractivity contribution in [3.05, 3.63) is 41.8 Å². The van der Waals surface area contributed by atoms with E-state index in [1.807, 2.05) is 10.9 Å². The Balaban J connectivity index is 1.88. The predicted molar refractivity (Wildman–Crippen MR) is 58.0 cm³/mol. The molecule has 0 aliphatic heterocycles. The molecule has 1 aromatic rings. The van der Waals surface area contributed by atoms with Crippen LogP contribution in [0.3, 0.4) is 0 Å². The molecule has 1 heterocycles. The molecular weight excluding hydrogens is 172 g/mol. The van der Waals surface area contributed by atoms with Crippen LogP contribution in [0, 0.1) is 6.92 Å². The second-order valence-corrected chi connectivity index (χ2v) is 3.79. The molecule has 2 rings (SSSR count). The molecule has 0 N–H and O–H groups in total. The minimum absolute atomic E-state index is 0.990. The zero-order chi connectivity index (χ0) is 9.80. The average molecular weight is 188 g/mol. The predicted octanol–water partition coefficient (Wildman–Crippen LogP) is 2.86. The van der Waals surface area contributed by atoms with E-state index in [9.17, 15) is 0 Å². The summed E-state index contributed by atoms with van der Waals surface area (Å²) in [6, 6.07) is 0. The van der Waals surface area contributed by atoms with Crippen LogP contribution >= 0.6 is 0 Å². The molecular formula is C12H16N2. The maximum Gasteiger partial charge on any atom is 0.0518 e. The molecule has 0 amide bonds. The zero-order valence-electron chi connectivity index (χ0n) is 8.61. The maximum absolute atomic E-state index is 4.27. The van der Waals surface area contributed by atoms with Gasteiger partial charge in [0.05, 0.1) is 6.20 Å². The van der Waals surface area contributed by atoms with Crippen LogP contribution in [-0.2, 0) is 6.54 Å². The number of aryl methyl sites for hydroxylation is 2. The lowest BCUT2D eigenvalue weighted by Gasteiger charge is -2.06. The minimum atomic E-state index is 0.990. The van der Waals surface area contributed by atoms with Gasteiger partial charge in [-0.3, -0.25) is 4.68 Å². The van der Waals surface area contributed by atoms with Gasteiger partial charge in [0.2, 0.25) is 0 Å². The highest BCUT2D eigenvalue weighted by Gasteiger charge is 1.99. The van der Waals surface area contributed by atoms with Gasteiger partial charge in [0.1, 0.15) is 0 Å². The van der Waals surface area contributed by atoms with Crippen LogP contribution in [0.1, 0.15) is 24.8 Å². The summed E-state index contributed by atoms with van der Waals surface area (Å²) < 4.78 is 2.01. The average Bonchev–Trinajstić information content (AvgIpc) is 2.63. The quantitative estimate of drug-likeness (QED) is 0.713. The number of hydrogen-bond donors (Lipinski definition) is 0. The Morgan fingerprint density at radius 3 is 3.00 bits per heavy atom. The van der Waals surface area contributed by atoms with Gasteiger partial charge >= 0.3 is 0 Å². The summed E-state index contributed by atoms with van der Waals surface area (Å²) in [7, 11) is 0. The SMILES string of the molecule is Cc1cnn(CCC2=CCCC=C2)c1. The number of hydrogen-bond acceptors (Lipinski definition) is 1. The number of nitrogens with zero attached hydrogens (tertiary/aromatic N) is 2. The molecule has 0 unspecified atom stereocenters. The molecule has 0 aromatic carbocycles. The first-order chi connectivity index (χ1) is 6.84. The van der Waals surface area contributed by atoms with Crippen molar-refractivity contribution in [3.8, 4) is 0 Å². The van der Waals surface area contributed by atoms with E-state index in [2.05, 4.69) is 36.4 Å². The molecule has 0 fully saturated rings. The van der Waals surface area contributed by atoms with Crippen LogP contribution in [0.5, 0.6) is 0 Å². The molecule has 0 atom stereocenters. The lowest BCUT2D eigenvalue weighted by molar-refractivity contribution is 0.614. The third kappa shape index (κ3) is 2.34. The summed E-state index contributed by atoms with van der Waals surface area (Å²) in [5, 5.41) is 4.27. The van der Waals surface area contributed by atoms with Crippen molar-refractivity contribution in [3.63, 3.8) is 0 Å². The fraction of sp³-hybridized carbons (Fsp3) is 0.417. The summed E-state index contributed by atoms with van der Waals surface area (Å²) in [5.74, 6) is 0. The monoisotopic (exact) mass is 188 g/mol. The highest BCUT2D eigenvalue weighted by Crippen LogP contribution is 2.13. The summed E-state index contributed by atoms with van der Waals surface area (Å²) in [6.45, 7) is 3.06. The van der Waals surface area contributed by atoms with Gasteiger partial charge in [-0.15, -0.1) is 0 Å². The largest absolute Gasteiger partial charge is 0.272 e. The van der Waals surface area contributed by atoms with Gasteiger partial charge in [0.25, 0.3) is 0 Å². The number of allylic oxidation sites excluding steroid dienone is 4. The molecule has 1 aliphatic carbocycles. The third-order valence-electron chi connectivity index (χ3n) is 2.46. The molecule has 2 heteroatoms. The normalized spacial score (nSPS) is 15.6. The van der Waals surface area contributed by atoms with Crippen LogP contribution in [0.15, 0.2) is 36.2 Å². The zero-order valence-corrected chi connectivity index (χ0v) is 8.61. The number of rotatable bonds is 3. The molecule has 0 spiro atoms. The standard InChI is InChI=1S/C12H16N2/c1-11-9-13-14(10-11)8-7-12-5-3-2-4-6-12/h3,5-6,9-10H,2,4,7-8H2,1H3. The van der Waals surface area contributed by atoms with E-state index in [4.69, 9.17) is 0 Å². The third-order valence-corrected chi connectivity index (χ3v) is 2.46. The van der Waals surface area contributed by atoms with E-state index in [-0.39, 0.29) is 0 Å². The Kier molecular flexibility index (Phi) is 2.82. The molecule has 0 saturated carbocycles. The van der Waals surface area contributed by atoms with E-state index >= 15 is 0 Å². The Morgan fingerprint density at radius 1 is 1.43 bits per heavy atom. The number of aromatic nitrogens is 2. The first-order valence-corrected chi connectivity index (χ1v) is 5.19.